The van der Waals surface area contributed by atoms with Crippen molar-refractivity contribution in [2.24, 2.45) is 0 Å². The average molecular weight is 432 g/mol. The van der Waals surface area contributed by atoms with Crippen LogP contribution in [0.25, 0.3) is 0 Å². The Hall–Kier alpha value is -2.91. The van der Waals surface area contributed by atoms with Crippen molar-refractivity contribution in [3.8, 4) is 5.75 Å². The van der Waals surface area contributed by atoms with Crippen molar-refractivity contribution in [1.82, 2.24) is 4.31 Å². The second kappa shape index (κ2) is 9.27. The minimum absolute atomic E-state index is 0.0331. The number of nitrogens with one attached hydrogen (secondary N) is 2. The SMILES string of the molecule is COc1ccc(NC(=O)c2ccc(NC(C)=O)cc2)cc1S(=O)(=O)N1CCCCC1. The lowest BCUT2D eigenvalue weighted by Crippen LogP contribution is -2.35. The molecule has 0 radical (unpaired) electrons. The maximum absolute atomic E-state index is 13.1. The first-order chi connectivity index (χ1) is 14.3. The van der Waals surface area contributed by atoms with Crippen molar-refractivity contribution >= 4 is 33.2 Å². The van der Waals surface area contributed by atoms with Crippen LogP contribution in [0.1, 0.15) is 36.5 Å². The van der Waals surface area contributed by atoms with Crippen LogP contribution >= 0.6 is 0 Å². The molecule has 0 bridgehead atoms. The van der Waals surface area contributed by atoms with E-state index in [-0.39, 0.29) is 16.6 Å². The number of rotatable bonds is 6. The van der Waals surface area contributed by atoms with Crippen LogP contribution in [0.3, 0.4) is 0 Å². The van der Waals surface area contributed by atoms with Crippen molar-refractivity contribution in [2.75, 3.05) is 30.8 Å². The largest absolute Gasteiger partial charge is 0.495 e. The highest BCUT2D eigenvalue weighted by atomic mass is 32.2. The first-order valence-corrected chi connectivity index (χ1v) is 11.1. The quantitative estimate of drug-likeness (QED) is 0.731. The second-order valence-electron chi connectivity index (χ2n) is 7.04. The Kier molecular flexibility index (Phi) is 6.73. The molecule has 1 fully saturated rings. The van der Waals surface area contributed by atoms with E-state index in [1.807, 2.05) is 0 Å². The molecule has 0 saturated carbocycles. The zero-order valence-electron chi connectivity index (χ0n) is 17.0. The van der Waals surface area contributed by atoms with E-state index in [0.29, 0.717) is 30.0 Å². The van der Waals surface area contributed by atoms with Gasteiger partial charge in [-0.25, -0.2) is 8.42 Å². The molecule has 0 spiro atoms. The maximum atomic E-state index is 13.1. The van der Waals surface area contributed by atoms with Crippen molar-refractivity contribution in [3.05, 3.63) is 48.0 Å². The lowest BCUT2D eigenvalue weighted by Gasteiger charge is -2.26. The first-order valence-electron chi connectivity index (χ1n) is 9.68. The van der Waals surface area contributed by atoms with E-state index in [2.05, 4.69) is 10.6 Å². The van der Waals surface area contributed by atoms with Gasteiger partial charge in [-0.1, -0.05) is 6.42 Å². The van der Waals surface area contributed by atoms with Gasteiger partial charge in [-0.3, -0.25) is 9.59 Å². The van der Waals surface area contributed by atoms with Gasteiger partial charge < -0.3 is 15.4 Å². The van der Waals surface area contributed by atoms with Gasteiger partial charge in [0.1, 0.15) is 10.6 Å². The molecule has 0 atom stereocenters. The van der Waals surface area contributed by atoms with E-state index in [9.17, 15) is 18.0 Å². The van der Waals surface area contributed by atoms with E-state index < -0.39 is 15.9 Å². The number of sulfonamides is 1. The van der Waals surface area contributed by atoms with E-state index in [0.717, 1.165) is 19.3 Å². The zero-order chi connectivity index (χ0) is 21.7. The molecule has 3 rings (SSSR count). The van der Waals surface area contributed by atoms with Crippen LogP contribution < -0.4 is 15.4 Å². The van der Waals surface area contributed by atoms with Gasteiger partial charge in [-0.15, -0.1) is 0 Å². The normalized spacial score (nSPS) is 14.7. The number of hydrogen-bond acceptors (Lipinski definition) is 5. The number of amides is 2. The summed E-state index contributed by atoms with van der Waals surface area (Å²) < 4.78 is 32.9. The molecule has 9 heteroatoms. The zero-order valence-corrected chi connectivity index (χ0v) is 17.8. The molecule has 2 aromatic carbocycles. The first kappa shape index (κ1) is 21.8. The molecule has 8 nitrogen and oxygen atoms in total. The predicted octanol–water partition coefficient (Wildman–Crippen LogP) is 3.08. The Bertz CT molecular complexity index is 1030. The molecule has 2 N–H and O–H groups in total. The Morgan fingerprint density at radius 2 is 1.57 bits per heavy atom. The number of anilines is 2. The molecule has 0 aliphatic carbocycles. The van der Waals surface area contributed by atoms with Crippen molar-refractivity contribution in [3.63, 3.8) is 0 Å². The number of ether oxygens (including phenoxy) is 1. The molecule has 1 aliphatic rings. The number of hydrogen-bond donors (Lipinski definition) is 2. The van der Waals surface area contributed by atoms with Crippen LogP contribution in [0.2, 0.25) is 0 Å². The van der Waals surface area contributed by atoms with Crippen LogP contribution in [-0.4, -0.2) is 44.7 Å². The number of nitrogens with zero attached hydrogens (tertiary/aromatic N) is 1. The minimum Gasteiger partial charge on any atom is -0.495 e. The summed E-state index contributed by atoms with van der Waals surface area (Å²) in [4.78, 5) is 23.7. The van der Waals surface area contributed by atoms with Crippen LogP contribution in [0.5, 0.6) is 5.75 Å². The lowest BCUT2D eigenvalue weighted by atomic mass is 10.2. The second-order valence-corrected chi connectivity index (χ2v) is 8.95. The Labute approximate surface area is 176 Å². The number of carbonyl (C=O) groups excluding carboxylic acids is 2. The third kappa shape index (κ3) is 4.98. The summed E-state index contributed by atoms with van der Waals surface area (Å²) in [5.74, 6) is -0.359. The summed E-state index contributed by atoms with van der Waals surface area (Å²) in [5, 5.41) is 5.35. The Balaban J connectivity index is 1.82. The highest BCUT2D eigenvalue weighted by molar-refractivity contribution is 7.89. The van der Waals surface area contributed by atoms with E-state index in [1.54, 1.807) is 30.3 Å². The third-order valence-electron chi connectivity index (χ3n) is 4.82. The Morgan fingerprint density at radius 3 is 2.17 bits per heavy atom. The van der Waals surface area contributed by atoms with Gasteiger partial charge in [-0.2, -0.15) is 4.31 Å². The minimum atomic E-state index is -3.73. The standard InChI is InChI=1S/C21H25N3O5S/c1-15(25)22-17-8-6-16(7-9-17)21(26)23-18-10-11-19(29-2)20(14-18)30(27,28)24-12-4-3-5-13-24/h6-11,14H,3-5,12-13H2,1-2H3,(H,22,25)(H,23,26). The molecule has 0 aromatic heterocycles. The summed E-state index contributed by atoms with van der Waals surface area (Å²) in [6, 6.07) is 11.0. The van der Waals surface area contributed by atoms with Gasteiger partial charge in [0.2, 0.25) is 15.9 Å². The summed E-state index contributed by atoms with van der Waals surface area (Å²) in [5.41, 5.74) is 1.31. The monoisotopic (exact) mass is 431 g/mol. The highest BCUT2D eigenvalue weighted by Gasteiger charge is 2.29. The molecule has 1 aliphatic heterocycles. The fourth-order valence-electron chi connectivity index (χ4n) is 3.31. The van der Waals surface area contributed by atoms with Gasteiger partial charge in [0, 0.05) is 37.0 Å². The van der Waals surface area contributed by atoms with Gasteiger partial charge in [-0.05, 0) is 55.3 Å². The van der Waals surface area contributed by atoms with Crippen molar-refractivity contribution in [1.29, 1.82) is 0 Å². The summed E-state index contributed by atoms with van der Waals surface area (Å²) in [6.45, 7) is 2.35. The topological polar surface area (TPSA) is 105 Å². The fourth-order valence-corrected chi connectivity index (χ4v) is 5.01. The molecule has 2 aromatic rings. The van der Waals surface area contributed by atoms with Crippen molar-refractivity contribution < 1.29 is 22.7 Å². The van der Waals surface area contributed by atoms with Crippen LogP contribution in [0, 0.1) is 0 Å². The lowest BCUT2D eigenvalue weighted by molar-refractivity contribution is -0.114. The molecular formula is C21H25N3O5S. The van der Waals surface area contributed by atoms with Crippen LogP contribution in [0.4, 0.5) is 11.4 Å². The van der Waals surface area contributed by atoms with Gasteiger partial charge in [0.05, 0.1) is 7.11 Å². The smallest absolute Gasteiger partial charge is 0.255 e. The van der Waals surface area contributed by atoms with Gasteiger partial charge >= 0.3 is 0 Å². The average Bonchev–Trinajstić information content (AvgIpc) is 2.74. The van der Waals surface area contributed by atoms with Gasteiger partial charge in [0.25, 0.3) is 5.91 Å². The highest BCUT2D eigenvalue weighted by Crippen LogP contribution is 2.31. The Morgan fingerprint density at radius 1 is 0.933 bits per heavy atom. The fraction of sp³-hybridized carbons (Fsp3) is 0.333. The van der Waals surface area contributed by atoms with Crippen molar-refractivity contribution in [2.45, 2.75) is 31.1 Å². The summed E-state index contributed by atoms with van der Waals surface area (Å²) in [6.07, 6.45) is 2.67. The summed E-state index contributed by atoms with van der Waals surface area (Å²) >= 11 is 0. The summed E-state index contributed by atoms with van der Waals surface area (Å²) in [7, 11) is -2.31. The molecule has 0 unspecified atom stereocenters. The van der Waals surface area contributed by atoms with Gasteiger partial charge in [0.15, 0.2) is 0 Å². The number of piperidine rings is 1. The maximum Gasteiger partial charge on any atom is 0.255 e. The molecular weight excluding hydrogens is 406 g/mol. The van der Waals surface area contributed by atoms with Crippen LogP contribution in [0.15, 0.2) is 47.4 Å². The molecule has 160 valence electrons. The van der Waals surface area contributed by atoms with E-state index >= 15 is 0 Å². The number of benzene rings is 2. The molecule has 1 saturated heterocycles. The number of carbonyl (C=O) groups is 2. The molecule has 30 heavy (non-hydrogen) atoms. The van der Waals surface area contributed by atoms with E-state index in [1.165, 1.54) is 30.5 Å². The molecule has 1 heterocycles. The van der Waals surface area contributed by atoms with Crippen LogP contribution in [-0.2, 0) is 14.8 Å². The number of methoxy groups -OCH3 is 1. The molecule has 2 amide bonds. The predicted molar refractivity (Wildman–Crippen MR) is 114 cm³/mol. The third-order valence-corrected chi connectivity index (χ3v) is 6.74. The van der Waals surface area contributed by atoms with E-state index in [4.69, 9.17) is 4.74 Å².